The zero-order valence-electron chi connectivity index (χ0n) is 11.9. The highest BCUT2D eigenvalue weighted by molar-refractivity contribution is 5.85. The summed E-state index contributed by atoms with van der Waals surface area (Å²) in [5.41, 5.74) is 2.57. The van der Waals surface area contributed by atoms with Crippen molar-refractivity contribution in [1.29, 1.82) is 0 Å². The number of likely N-dealkylation sites (N-methyl/N-ethyl adjacent to an activating group) is 1. The van der Waals surface area contributed by atoms with Gasteiger partial charge in [0.15, 0.2) is 0 Å². The van der Waals surface area contributed by atoms with Gasteiger partial charge in [0, 0.05) is 25.4 Å². The van der Waals surface area contributed by atoms with Gasteiger partial charge in [-0.05, 0) is 13.1 Å². The van der Waals surface area contributed by atoms with E-state index in [4.69, 9.17) is 4.74 Å². The number of fused-ring (bicyclic) bond motifs is 1. The number of halogens is 1. The van der Waals surface area contributed by atoms with Gasteiger partial charge in [-0.2, -0.15) is 10.2 Å². The Bertz CT molecular complexity index is 722. The molecule has 3 aromatic rings. The largest absolute Gasteiger partial charge is 0.475 e. The Morgan fingerprint density at radius 1 is 1.29 bits per heavy atom. The molecule has 0 aliphatic carbocycles. The number of nitrogens with zero attached hydrogens (tertiary/aromatic N) is 5. The van der Waals surface area contributed by atoms with Gasteiger partial charge >= 0.3 is 0 Å². The van der Waals surface area contributed by atoms with E-state index in [1.807, 2.05) is 32.6 Å². The second-order valence-electron chi connectivity index (χ2n) is 4.45. The van der Waals surface area contributed by atoms with E-state index in [1.165, 1.54) is 0 Å². The lowest BCUT2D eigenvalue weighted by atomic mass is 10.3. The Morgan fingerprint density at radius 3 is 2.86 bits per heavy atom. The first-order valence-corrected chi connectivity index (χ1v) is 6.39. The van der Waals surface area contributed by atoms with Crippen LogP contribution in [-0.4, -0.2) is 44.6 Å². The minimum absolute atomic E-state index is 0. The molecule has 3 rings (SSSR count). The molecule has 1 N–H and O–H groups in total. The van der Waals surface area contributed by atoms with Gasteiger partial charge in [0.05, 0.1) is 24.3 Å². The van der Waals surface area contributed by atoms with Crippen LogP contribution in [0.15, 0.2) is 30.9 Å². The van der Waals surface area contributed by atoms with Crippen LogP contribution in [0, 0.1) is 0 Å². The van der Waals surface area contributed by atoms with Crippen molar-refractivity contribution in [2.24, 2.45) is 7.05 Å². The molecule has 3 heterocycles. The van der Waals surface area contributed by atoms with Crippen molar-refractivity contribution < 1.29 is 4.74 Å². The summed E-state index contributed by atoms with van der Waals surface area (Å²) in [5.74, 6) is 0.583. The van der Waals surface area contributed by atoms with Gasteiger partial charge in [-0.25, -0.2) is 9.50 Å². The van der Waals surface area contributed by atoms with Crippen molar-refractivity contribution in [1.82, 2.24) is 29.7 Å². The van der Waals surface area contributed by atoms with Crippen molar-refractivity contribution in [3.8, 4) is 17.1 Å². The van der Waals surface area contributed by atoms with Crippen LogP contribution in [0.4, 0.5) is 0 Å². The van der Waals surface area contributed by atoms with Crippen molar-refractivity contribution >= 4 is 17.9 Å². The van der Waals surface area contributed by atoms with E-state index >= 15 is 0 Å². The molecule has 0 aliphatic rings. The molecule has 0 fully saturated rings. The average molecular weight is 309 g/mol. The maximum absolute atomic E-state index is 5.73. The molecule has 112 valence electrons. The summed E-state index contributed by atoms with van der Waals surface area (Å²) < 4.78 is 9.24. The van der Waals surface area contributed by atoms with Gasteiger partial charge in [0.2, 0.25) is 5.88 Å². The van der Waals surface area contributed by atoms with E-state index in [1.54, 1.807) is 21.6 Å². The van der Waals surface area contributed by atoms with Gasteiger partial charge in [0.25, 0.3) is 0 Å². The van der Waals surface area contributed by atoms with Crippen LogP contribution in [0.3, 0.4) is 0 Å². The van der Waals surface area contributed by atoms with Gasteiger partial charge in [-0.1, -0.05) is 0 Å². The molecule has 0 bridgehead atoms. The van der Waals surface area contributed by atoms with E-state index in [9.17, 15) is 0 Å². The molecule has 0 unspecified atom stereocenters. The molecular weight excluding hydrogens is 292 g/mol. The molecule has 8 heteroatoms. The number of nitrogens with one attached hydrogen (secondary N) is 1. The Labute approximate surface area is 128 Å². The highest BCUT2D eigenvalue weighted by Crippen LogP contribution is 2.23. The first-order valence-electron chi connectivity index (χ1n) is 6.39. The summed E-state index contributed by atoms with van der Waals surface area (Å²) in [6, 6.07) is 1.88. The highest BCUT2D eigenvalue weighted by Gasteiger charge is 2.10. The molecule has 7 nitrogen and oxygen atoms in total. The molecule has 0 spiro atoms. The summed E-state index contributed by atoms with van der Waals surface area (Å²) in [6.07, 6.45) is 7.29. The summed E-state index contributed by atoms with van der Waals surface area (Å²) in [5, 5.41) is 11.5. The molecule has 0 aliphatic heterocycles. The zero-order valence-corrected chi connectivity index (χ0v) is 12.7. The fourth-order valence-corrected chi connectivity index (χ4v) is 1.95. The zero-order chi connectivity index (χ0) is 13.9. The van der Waals surface area contributed by atoms with Crippen molar-refractivity contribution in [2.45, 2.75) is 0 Å². The Morgan fingerprint density at radius 2 is 2.14 bits per heavy atom. The maximum Gasteiger partial charge on any atom is 0.240 e. The van der Waals surface area contributed by atoms with Crippen LogP contribution in [-0.2, 0) is 7.05 Å². The standard InChI is InChI=1S/C13H16N6O.ClH/c1-14-5-6-20-13-12-3-4-15-19(12)9-11(17-13)10-7-16-18(2)8-10;/h3-4,7-9,14H,5-6H2,1-2H3;1H. The molecule has 0 radical (unpaired) electrons. The molecule has 0 amide bonds. The van der Waals surface area contributed by atoms with E-state index in [2.05, 4.69) is 20.5 Å². The minimum Gasteiger partial charge on any atom is -0.475 e. The molecule has 21 heavy (non-hydrogen) atoms. The first kappa shape index (κ1) is 15.3. The van der Waals surface area contributed by atoms with E-state index < -0.39 is 0 Å². The summed E-state index contributed by atoms with van der Waals surface area (Å²) in [4.78, 5) is 4.56. The lowest BCUT2D eigenvalue weighted by Crippen LogP contribution is -2.16. The Hall–Kier alpha value is -2.12. The van der Waals surface area contributed by atoms with Crippen LogP contribution in [0.2, 0.25) is 0 Å². The summed E-state index contributed by atoms with van der Waals surface area (Å²) in [7, 11) is 3.76. The summed E-state index contributed by atoms with van der Waals surface area (Å²) in [6.45, 7) is 1.32. The van der Waals surface area contributed by atoms with Crippen molar-refractivity contribution in [3.63, 3.8) is 0 Å². The fourth-order valence-electron chi connectivity index (χ4n) is 1.95. The molecular formula is C13H17ClN6O. The van der Waals surface area contributed by atoms with E-state index in [0.717, 1.165) is 23.3 Å². The third kappa shape index (κ3) is 3.14. The van der Waals surface area contributed by atoms with Crippen LogP contribution >= 0.6 is 12.4 Å². The molecule has 0 saturated heterocycles. The molecule has 0 atom stereocenters. The van der Waals surface area contributed by atoms with E-state index in [-0.39, 0.29) is 12.4 Å². The Balaban J connectivity index is 0.00000161. The Kier molecular flexibility index (Phi) is 4.77. The summed E-state index contributed by atoms with van der Waals surface area (Å²) >= 11 is 0. The monoisotopic (exact) mass is 308 g/mol. The number of aromatic nitrogens is 5. The molecule has 3 aromatic heterocycles. The van der Waals surface area contributed by atoms with Crippen LogP contribution in [0.1, 0.15) is 0 Å². The number of hydrogen-bond donors (Lipinski definition) is 1. The number of ether oxygens (including phenoxy) is 1. The second-order valence-corrected chi connectivity index (χ2v) is 4.45. The van der Waals surface area contributed by atoms with Crippen molar-refractivity contribution in [2.75, 3.05) is 20.2 Å². The van der Waals surface area contributed by atoms with Gasteiger partial charge in [-0.15, -0.1) is 12.4 Å². The van der Waals surface area contributed by atoms with Crippen LogP contribution in [0.25, 0.3) is 16.8 Å². The number of rotatable bonds is 5. The molecule has 0 aromatic carbocycles. The highest BCUT2D eigenvalue weighted by atomic mass is 35.5. The van der Waals surface area contributed by atoms with Crippen LogP contribution < -0.4 is 10.1 Å². The molecule has 0 saturated carbocycles. The smallest absolute Gasteiger partial charge is 0.240 e. The van der Waals surface area contributed by atoms with Crippen LogP contribution in [0.5, 0.6) is 5.88 Å². The SMILES string of the molecule is CNCCOc1nc(-c2cnn(C)c2)cn2nccc12.Cl. The van der Waals surface area contributed by atoms with Gasteiger partial charge in [0.1, 0.15) is 12.1 Å². The first-order chi connectivity index (χ1) is 9.78. The van der Waals surface area contributed by atoms with Crippen molar-refractivity contribution in [3.05, 3.63) is 30.9 Å². The second kappa shape index (κ2) is 6.55. The minimum atomic E-state index is 0. The predicted molar refractivity (Wildman–Crippen MR) is 81.9 cm³/mol. The maximum atomic E-state index is 5.73. The van der Waals surface area contributed by atoms with Gasteiger partial charge in [-0.3, -0.25) is 4.68 Å². The topological polar surface area (TPSA) is 69.3 Å². The quantitative estimate of drug-likeness (QED) is 0.716. The lowest BCUT2D eigenvalue weighted by Gasteiger charge is -2.08. The third-order valence-corrected chi connectivity index (χ3v) is 2.95. The average Bonchev–Trinajstić information content (AvgIpc) is 3.07. The predicted octanol–water partition coefficient (Wildman–Crippen LogP) is 1.15. The number of aryl methyl sites for hydroxylation is 1. The number of hydrogen-bond acceptors (Lipinski definition) is 5. The lowest BCUT2D eigenvalue weighted by molar-refractivity contribution is 0.309. The normalized spacial score (nSPS) is 10.6. The van der Waals surface area contributed by atoms with Gasteiger partial charge < -0.3 is 10.1 Å². The van der Waals surface area contributed by atoms with E-state index in [0.29, 0.717) is 12.5 Å². The fraction of sp³-hybridized carbons (Fsp3) is 0.308. The third-order valence-electron chi connectivity index (χ3n) is 2.95.